The zero-order valence-corrected chi connectivity index (χ0v) is 14.0. The van der Waals surface area contributed by atoms with Gasteiger partial charge in [0.05, 0.1) is 6.04 Å². The van der Waals surface area contributed by atoms with Crippen molar-refractivity contribution < 1.29 is 0 Å². The molecule has 0 N–H and O–H groups in total. The lowest BCUT2D eigenvalue weighted by atomic mass is 9.84. The SMILES string of the molecule is CN1CCN(C2c3ccccc3CCCc3ccccc32)CC1. The first kappa shape index (κ1) is 14.9. The monoisotopic (exact) mass is 306 g/mol. The predicted octanol–water partition coefficient (Wildman–Crippen LogP) is 3.51. The summed E-state index contributed by atoms with van der Waals surface area (Å²) in [5.41, 5.74) is 6.16. The van der Waals surface area contributed by atoms with Gasteiger partial charge in [0, 0.05) is 26.2 Å². The third-order valence-electron chi connectivity index (χ3n) is 5.49. The quantitative estimate of drug-likeness (QED) is 0.795. The van der Waals surface area contributed by atoms with Crippen LogP contribution in [-0.2, 0) is 12.8 Å². The van der Waals surface area contributed by atoms with Crippen molar-refractivity contribution in [2.24, 2.45) is 0 Å². The third-order valence-corrected chi connectivity index (χ3v) is 5.49. The number of rotatable bonds is 1. The van der Waals surface area contributed by atoms with E-state index < -0.39 is 0 Å². The van der Waals surface area contributed by atoms with Crippen LogP contribution in [0.5, 0.6) is 0 Å². The van der Waals surface area contributed by atoms with Gasteiger partial charge in [-0.3, -0.25) is 4.90 Å². The molecular formula is C21H26N2. The second kappa shape index (κ2) is 6.46. The van der Waals surface area contributed by atoms with E-state index in [0.717, 1.165) is 13.1 Å². The summed E-state index contributed by atoms with van der Waals surface area (Å²) in [4.78, 5) is 5.14. The molecule has 2 nitrogen and oxygen atoms in total. The van der Waals surface area contributed by atoms with E-state index in [0.29, 0.717) is 6.04 Å². The first-order valence-corrected chi connectivity index (χ1v) is 8.91. The van der Waals surface area contributed by atoms with Crippen molar-refractivity contribution in [3.05, 3.63) is 70.8 Å². The summed E-state index contributed by atoms with van der Waals surface area (Å²) < 4.78 is 0. The van der Waals surface area contributed by atoms with Gasteiger partial charge in [-0.05, 0) is 48.6 Å². The molecule has 2 aromatic carbocycles. The zero-order chi connectivity index (χ0) is 15.6. The number of aryl methyl sites for hydroxylation is 2. The van der Waals surface area contributed by atoms with E-state index in [2.05, 4.69) is 65.4 Å². The molecular weight excluding hydrogens is 280 g/mol. The highest BCUT2D eigenvalue weighted by atomic mass is 15.3. The molecule has 0 unspecified atom stereocenters. The maximum Gasteiger partial charge on any atom is 0.0608 e. The van der Waals surface area contributed by atoms with Gasteiger partial charge in [0.15, 0.2) is 0 Å². The molecule has 0 atom stereocenters. The van der Waals surface area contributed by atoms with E-state index in [1.54, 1.807) is 11.1 Å². The van der Waals surface area contributed by atoms with Crippen LogP contribution in [0.1, 0.15) is 34.7 Å². The molecule has 1 aliphatic heterocycles. The average molecular weight is 306 g/mol. The Bertz CT molecular complexity index is 624. The van der Waals surface area contributed by atoms with Crippen molar-refractivity contribution in [1.29, 1.82) is 0 Å². The number of hydrogen-bond donors (Lipinski definition) is 0. The van der Waals surface area contributed by atoms with Gasteiger partial charge < -0.3 is 4.90 Å². The Balaban J connectivity index is 1.81. The standard InChI is InChI=1S/C21H26N2/c1-22-13-15-23(16-14-22)21-19-11-4-2-7-17(19)9-6-10-18-8-3-5-12-20(18)21/h2-5,7-8,11-12,21H,6,9-10,13-16H2,1H3. The lowest BCUT2D eigenvalue weighted by Gasteiger charge is -2.40. The molecule has 4 rings (SSSR count). The highest BCUT2D eigenvalue weighted by molar-refractivity contribution is 5.42. The molecule has 1 fully saturated rings. The second-order valence-corrected chi connectivity index (χ2v) is 6.99. The van der Waals surface area contributed by atoms with Crippen LogP contribution in [0, 0.1) is 0 Å². The smallest absolute Gasteiger partial charge is 0.0608 e. The van der Waals surface area contributed by atoms with E-state index in [1.807, 2.05) is 0 Å². The summed E-state index contributed by atoms with van der Waals surface area (Å²) >= 11 is 0. The van der Waals surface area contributed by atoms with Gasteiger partial charge in [0.2, 0.25) is 0 Å². The Morgan fingerprint density at radius 2 is 1.26 bits per heavy atom. The summed E-state index contributed by atoms with van der Waals surface area (Å²) in [5.74, 6) is 0. The maximum absolute atomic E-state index is 2.70. The fourth-order valence-corrected chi connectivity index (χ4v) is 4.17. The Kier molecular flexibility index (Phi) is 4.19. The molecule has 1 saturated heterocycles. The number of benzene rings is 2. The molecule has 0 aromatic heterocycles. The first-order valence-electron chi connectivity index (χ1n) is 8.91. The lowest BCUT2D eigenvalue weighted by molar-refractivity contribution is 0.126. The molecule has 0 radical (unpaired) electrons. The summed E-state index contributed by atoms with van der Waals surface area (Å²) in [6.45, 7) is 4.65. The van der Waals surface area contributed by atoms with Gasteiger partial charge in [0.25, 0.3) is 0 Å². The lowest BCUT2D eigenvalue weighted by Crippen LogP contribution is -2.46. The van der Waals surface area contributed by atoms with E-state index in [1.165, 1.54) is 43.5 Å². The van der Waals surface area contributed by atoms with Crippen LogP contribution >= 0.6 is 0 Å². The normalized spacial score (nSPS) is 20.4. The average Bonchev–Trinajstić information content (AvgIpc) is 2.57. The van der Waals surface area contributed by atoms with Gasteiger partial charge in [0.1, 0.15) is 0 Å². The molecule has 1 aliphatic carbocycles. The van der Waals surface area contributed by atoms with Crippen molar-refractivity contribution in [2.45, 2.75) is 25.3 Å². The molecule has 120 valence electrons. The van der Waals surface area contributed by atoms with Crippen molar-refractivity contribution >= 4 is 0 Å². The van der Waals surface area contributed by atoms with Crippen molar-refractivity contribution in [3.8, 4) is 0 Å². The van der Waals surface area contributed by atoms with Crippen molar-refractivity contribution in [3.63, 3.8) is 0 Å². The van der Waals surface area contributed by atoms with E-state index in [-0.39, 0.29) is 0 Å². The van der Waals surface area contributed by atoms with Gasteiger partial charge >= 0.3 is 0 Å². The van der Waals surface area contributed by atoms with Gasteiger partial charge in [-0.2, -0.15) is 0 Å². The van der Waals surface area contributed by atoms with Crippen LogP contribution in [0.3, 0.4) is 0 Å². The Morgan fingerprint density at radius 3 is 1.83 bits per heavy atom. The Labute approximate surface area is 139 Å². The molecule has 1 heterocycles. The fourth-order valence-electron chi connectivity index (χ4n) is 4.17. The van der Waals surface area contributed by atoms with Crippen LogP contribution in [0.25, 0.3) is 0 Å². The van der Waals surface area contributed by atoms with Crippen LogP contribution < -0.4 is 0 Å². The Morgan fingerprint density at radius 1 is 0.739 bits per heavy atom. The van der Waals surface area contributed by atoms with Crippen LogP contribution in [0.15, 0.2) is 48.5 Å². The van der Waals surface area contributed by atoms with Gasteiger partial charge in [-0.15, -0.1) is 0 Å². The molecule has 2 aliphatic rings. The summed E-state index contributed by atoms with van der Waals surface area (Å²) in [6, 6.07) is 18.7. The molecule has 0 amide bonds. The summed E-state index contributed by atoms with van der Waals surface area (Å²) in [5, 5.41) is 0. The molecule has 2 heteroatoms. The maximum atomic E-state index is 2.70. The van der Waals surface area contributed by atoms with E-state index >= 15 is 0 Å². The van der Waals surface area contributed by atoms with Crippen LogP contribution in [-0.4, -0.2) is 43.0 Å². The number of nitrogens with zero attached hydrogens (tertiary/aromatic N) is 2. The number of piperazine rings is 1. The van der Waals surface area contributed by atoms with Gasteiger partial charge in [-0.25, -0.2) is 0 Å². The highest BCUT2D eigenvalue weighted by Gasteiger charge is 2.29. The third kappa shape index (κ3) is 2.93. The molecule has 0 saturated carbocycles. The van der Waals surface area contributed by atoms with Gasteiger partial charge in [-0.1, -0.05) is 48.5 Å². The highest BCUT2D eigenvalue weighted by Crippen LogP contribution is 2.36. The molecule has 23 heavy (non-hydrogen) atoms. The number of hydrogen-bond acceptors (Lipinski definition) is 2. The Hall–Kier alpha value is -1.64. The first-order chi connectivity index (χ1) is 11.3. The van der Waals surface area contributed by atoms with Crippen LogP contribution in [0.2, 0.25) is 0 Å². The van der Waals surface area contributed by atoms with Crippen molar-refractivity contribution in [1.82, 2.24) is 9.80 Å². The van der Waals surface area contributed by atoms with Crippen molar-refractivity contribution in [2.75, 3.05) is 33.2 Å². The number of fused-ring (bicyclic) bond motifs is 2. The second-order valence-electron chi connectivity index (χ2n) is 6.99. The number of likely N-dealkylation sites (N-methyl/N-ethyl adjacent to an activating group) is 1. The minimum Gasteiger partial charge on any atom is -0.304 e. The minimum absolute atomic E-state index is 0.427. The minimum atomic E-state index is 0.427. The predicted molar refractivity (Wildman–Crippen MR) is 95.8 cm³/mol. The zero-order valence-electron chi connectivity index (χ0n) is 14.0. The van der Waals surface area contributed by atoms with Crippen LogP contribution in [0.4, 0.5) is 0 Å². The largest absolute Gasteiger partial charge is 0.304 e. The molecule has 0 bridgehead atoms. The molecule has 2 aromatic rings. The summed E-state index contributed by atoms with van der Waals surface area (Å²) in [7, 11) is 2.23. The summed E-state index contributed by atoms with van der Waals surface area (Å²) in [6.07, 6.45) is 3.66. The fraction of sp³-hybridized carbons (Fsp3) is 0.429. The van der Waals surface area contributed by atoms with E-state index in [4.69, 9.17) is 0 Å². The van der Waals surface area contributed by atoms with E-state index in [9.17, 15) is 0 Å². The molecule has 0 spiro atoms. The topological polar surface area (TPSA) is 6.48 Å².